The Labute approximate surface area is 93.1 Å². The van der Waals surface area contributed by atoms with Gasteiger partial charge in [0, 0.05) is 6.92 Å². The molecule has 0 bridgehead atoms. The van der Waals surface area contributed by atoms with Crippen LogP contribution >= 0.6 is 0 Å². The molecule has 0 nitrogen and oxygen atoms in total. The second kappa shape index (κ2) is 5.54. The van der Waals surface area contributed by atoms with Crippen molar-refractivity contribution in [2.24, 2.45) is 0 Å². The van der Waals surface area contributed by atoms with E-state index in [1.165, 1.54) is 11.1 Å². The van der Waals surface area contributed by atoms with E-state index < -0.39 is 6.18 Å². The van der Waals surface area contributed by atoms with Crippen LogP contribution in [0.15, 0.2) is 48.6 Å². The Morgan fingerprint density at radius 1 is 1.06 bits per heavy atom. The van der Waals surface area contributed by atoms with Gasteiger partial charge in [0.05, 0.1) is 0 Å². The first-order chi connectivity index (χ1) is 7.47. The maximum atomic E-state index is 10.4. The molecule has 1 aromatic rings. The molecule has 16 heavy (non-hydrogen) atoms. The summed E-state index contributed by atoms with van der Waals surface area (Å²) in [5.41, 5.74) is 2.67. The molecule has 86 valence electrons. The highest BCUT2D eigenvalue weighted by Gasteiger charge is 2.15. The second-order valence-electron chi connectivity index (χ2n) is 3.44. The lowest BCUT2D eigenvalue weighted by atomic mass is 10.1. The predicted molar refractivity (Wildman–Crippen MR) is 59.9 cm³/mol. The predicted octanol–water partition coefficient (Wildman–Crippen LogP) is 4.60. The molecule has 0 N–H and O–H groups in total. The van der Waals surface area contributed by atoms with Crippen molar-refractivity contribution in [3.8, 4) is 0 Å². The summed E-state index contributed by atoms with van der Waals surface area (Å²) in [5, 5.41) is 0. The number of halogens is 3. The molecule has 0 radical (unpaired) electrons. The Kier molecular flexibility index (Phi) is 4.35. The first kappa shape index (κ1) is 12.6. The normalized spacial score (nSPS) is 14.1. The van der Waals surface area contributed by atoms with Gasteiger partial charge < -0.3 is 0 Å². The van der Waals surface area contributed by atoms with Gasteiger partial charge in [-0.05, 0) is 17.6 Å². The molecule has 0 saturated carbocycles. The van der Waals surface area contributed by atoms with E-state index in [0.717, 1.165) is 6.42 Å². The molecule has 0 spiro atoms. The summed E-state index contributed by atoms with van der Waals surface area (Å²) in [6.07, 6.45) is 3.69. The third-order valence-corrected chi connectivity index (χ3v) is 1.88. The van der Waals surface area contributed by atoms with Crippen LogP contribution in [-0.2, 0) is 0 Å². The molecule has 1 aliphatic carbocycles. The quantitative estimate of drug-likeness (QED) is 0.656. The van der Waals surface area contributed by atoms with Crippen LogP contribution in [0.25, 0.3) is 5.57 Å². The molecule has 0 amide bonds. The van der Waals surface area contributed by atoms with Crippen molar-refractivity contribution in [3.05, 3.63) is 54.1 Å². The molecular weight excluding hydrogens is 213 g/mol. The standard InChI is InChI=1S/C11H10.C2H3F3/c1-2-6-10(7-3-1)11-8-4-5-9-11;1-2(3,4)5/h1-4,6-9H,5H2;1H3. The van der Waals surface area contributed by atoms with E-state index in [4.69, 9.17) is 0 Å². The minimum atomic E-state index is -4.00. The minimum absolute atomic E-state index is 0.188. The Morgan fingerprint density at radius 2 is 1.62 bits per heavy atom. The summed E-state index contributed by atoms with van der Waals surface area (Å²) in [6.45, 7) is 0.188. The van der Waals surface area contributed by atoms with Gasteiger partial charge in [0.25, 0.3) is 0 Å². The molecule has 0 unspecified atom stereocenters. The average Bonchev–Trinajstić information content (AvgIpc) is 2.69. The van der Waals surface area contributed by atoms with Gasteiger partial charge in [-0.15, -0.1) is 0 Å². The fourth-order valence-electron chi connectivity index (χ4n) is 1.30. The van der Waals surface area contributed by atoms with E-state index in [9.17, 15) is 13.2 Å². The topological polar surface area (TPSA) is 0 Å². The fraction of sp³-hybridized carbons (Fsp3) is 0.231. The maximum absolute atomic E-state index is 10.4. The van der Waals surface area contributed by atoms with E-state index in [-0.39, 0.29) is 6.92 Å². The molecule has 1 aromatic carbocycles. The zero-order valence-electron chi connectivity index (χ0n) is 8.96. The molecule has 0 fully saturated rings. The first-order valence-corrected chi connectivity index (χ1v) is 4.95. The fourth-order valence-corrected chi connectivity index (χ4v) is 1.30. The number of benzene rings is 1. The molecule has 3 heteroatoms. The maximum Gasteiger partial charge on any atom is 0.386 e. The number of rotatable bonds is 1. The Morgan fingerprint density at radius 3 is 2.06 bits per heavy atom. The van der Waals surface area contributed by atoms with E-state index >= 15 is 0 Å². The largest absolute Gasteiger partial charge is 0.386 e. The highest BCUT2D eigenvalue weighted by molar-refractivity contribution is 5.76. The number of hydrogen-bond acceptors (Lipinski definition) is 0. The number of allylic oxidation sites excluding steroid dienone is 4. The first-order valence-electron chi connectivity index (χ1n) is 4.95. The zero-order valence-corrected chi connectivity index (χ0v) is 8.96. The van der Waals surface area contributed by atoms with Gasteiger partial charge in [-0.2, -0.15) is 13.2 Å². The molecule has 2 rings (SSSR count). The number of hydrogen-bond donors (Lipinski definition) is 0. The third kappa shape index (κ3) is 5.39. The van der Waals surface area contributed by atoms with E-state index in [0.29, 0.717) is 0 Å². The van der Waals surface area contributed by atoms with Gasteiger partial charge >= 0.3 is 6.18 Å². The van der Waals surface area contributed by atoms with Crippen molar-refractivity contribution in [1.82, 2.24) is 0 Å². The van der Waals surface area contributed by atoms with Crippen LogP contribution in [-0.4, -0.2) is 6.18 Å². The van der Waals surface area contributed by atoms with Crippen LogP contribution in [0.3, 0.4) is 0 Å². The summed E-state index contributed by atoms with van der Waals surface area (Å²) >= 11 is 0. The van der Waals surface area contributed by atoms with Crippen LogP contribution in [0.5, 0.6) is 0 Å². The van der Waals surface area contributed by atoms with Gasteiger partial charge in [0.1, 0.15) is 0 Å². The number of alkyl halides is 3. The highest BCUT2D eigenvalue weighted by atomic mass is 19.4. The molecular formula is C13H13F3. The Balaban J connectivity index is 0.000000221. The van der Waals surface area contributed by atoms with E-state index in [1.807, 2.05) is 6.07 Å². The summed E-state index contributed by atoms with van der Waals surface area (Å²) in [7, 11) is 0. The molecule has 0 aliphatic heterocycles. The SMILES string of the molecule is C1=CC(c2ccccc2)=CC1.CC(F)(F)F. The van der Waals surface area contributed by atoms with Crippen LogP contribution in [0, 0.1) is 0 Å². The van der Waals surface area contributed by atoms with Gasteiger partial charge in [-0.1, -0.05) is 48.6 Å². The minimum Gasteiger partial charge on any atom is -0.172 e. The van der Waals surface area contributed by atoms with Crippen LogP contribution in [0.1, 0.15) is 18.9 Å². The Hall–Kier alpha value is -1.51. The van der Waals surface area contributed by atoms with Crippen molar-refractivity contribution in [2.45, 2.75) is 19.5 Å². The molecule has 0 heterocycles. The molecule has 0 aromatic heterocycles. The lowest BCUT2D eigenvalue weighted by Gasteiger charge is -1.96. The lowest BCUT2D eigenvalue weighted by molar-refractivity contribution is -0.110. The van der Waals surface area contributed by atoms with Crippen LogP contribution in [0.4, 0.5) is 13.2 Å². The van der Waals surface area contributed by atoms with Gasteiger partial charge in [0.2, 0.25) is 0 Å². The summed E-state index contributed by atoms with van der Waals surface area (Å²) < 4.78 is 31.1. The van der Waals surface area contributed by atoms with Gasteiger partial charge in [-0.3, -0.25) is 0 Å². The third-order valence-electron chi connectivity index (χ3n) is 1.88. The average molecular weight is 226 g/mol. The van der Waals surface area contributed by atoms with Crippen LogP contribution in [0.2, 0.25) is 0 Å². The van der Waals surface area contributed by atoms with Crippen molar-refractivity contribution in [2.75, 3.05) is 0 Å². The summed E-state index contributed by atoms with van der Waals surface area (Å²) in [4.78, 5) is 0. The Bertz CT molecular complexity index is 366. The van der Waals surface area contributed by atoms with Crippen molar-refractivity contribution in [3.63, 3.8) is 0 Å². The lowest BCUT2D eigenvalue weighted by Crippen LogP contribution is -1.95. The molecule has 1 aliphatic rings. The van der Waals surface area contributed by atoms with Crippen molar-refractivity contribution >= 4 is 5.57 Å². The van der Waals surface area contributed by atoms with Crippen molar-refractivity contribution < 1.29 is 13.2 Å². The molecule has 0 atom stereocenters. The summed E-state index contributed by atoms with van der Waals surface area (Å²) in [6, 6.07) is 10.5. The van der Waals surface area contributed by atoms with Gasteiger partial charge in [-0.25, -0.2) is 0 Å². The van der Waals surface area contributed by atoms with Crippen molar-refractivity contribution in [1.29, 1.82) is 0 Å². The molecule has 0 saturated heterocycles. The van der Waals surface area contributed by atoms with E-state index in [2.05, 4.69) is 42.5 Å². The zero-order chi connectivity index (χ0) is 12.0. The smallest absolute Gasteiger partial charge is 0.172 e. The highest BCUT2D eigenvalue weighted by Crippen LogP contribution is 2.20. The van der Waals surface area contributed by atoms with Crippen LogP contribution < -0.4 is 0 Å². The van der Waals surface area contributed by atoms with E-state index in [1.54, 1.807) is 0 Å². The summed E-state index contributed by atoms with van der Waals surface area (Å²) in [5.74, 6) is 0. The second-order valence-corrected chi connectivity index (χ2v) is 3.44. The van der Waals surface area contributed by atoms with Gasteiger partial charge in [0.15, 0.2) is 0 Å². The monoisotopic (exact) mass is 226 g/mol.